The fraction of sp³-hybridized carbons (Fsp3) is 0.348. The number of hydrogen-bond donors (Lipinski definition) is 1. The van der Waals surface area contributed by atoms with Gasteiger partial charge in [0.05, 0.1) is 16.8 Å². The molecule has 0 radical (unpaired) electrons. The van der Waals surface area contributed by atoms with Gasteiger partial charge in [0.1, 0.15) is 0 Å². The number of amides is 2. The third-order valence-electron chi connectivity index (χ3n) is 4.70. The standard InChI is InChI=1S/C23H28N4O2S/c1-16(2)13-14-27-20-8-6-5-7-19(20)25-23(27)30-15-21(28)24-18-11-9-17(10-12-18)22(29)26(3)4/h5-12,16H,13-15H2,1-4H3,(H,24,28). The van der Waals surface area contributed by atoms with Gasteiger partial charge in [0.15, 0.2) is 5.16 Å². The number of anilines is 1. The van der Waals surface area contributed by atoms with Crippen LogP contribution in [0.15, 0.2) is 53.7 Å². The molecule has 0 aliphatic heterocycles. The van der Waals surface area contributed by atoms with E-state index in [4.69, 9.17) is 4.98 Å². The molecule has 3 rings (SSSR count). The molecule has 0 saturated carbocycles. The van der Waals surface area contributed by atoms with Gasteiger partial charge in [-0.3, -0.25) is 9.59 Å². The van der Waals surface area contributed by atoms with Gasteiger partial charge in [-0.25, -0.2) is 4.98 Å². The van der Waals surface area contributed by atoms with E-state index in [0.29, 0.717) is 17.2 Å². The number of carbonyl (C=O) groups excluding carboxylic acids is 2. The summed E-state index contributed by atoms with van der Waals surface area (Å²) in [5.74, 6) is 0.691. The molecule has 1 N–H and O–H groups in total. The second-order valence-electron chi connectivity index (χ2n) is 7.83. The van der Waals surface area contributed by atoms with E-state index >= 15 is 0 Å². The number of aromatic nitrogens is 2. The monoisotopic (exact) mass is 424 g/mol. The Morgan fingerprint density at radius 1 is 1.10 bits per heavy atom. The first-order valence-corrected chi connectivity index (χ1v) is 11.0. The number of nitrogens with one attached hydrogen (secondary N) is 1. The quantitative estimate of drug-likeness (QED) is 0.540. The van der Waals surface area contributed by atoms with Crippen LogP contribution in [0.4, 0.5) is 5.69 Å². The predicted molar refractivity (Wildman–Crippen MR) is 123 cm³/mol. The van der Waals surface area contributed by atoms with Gasteiger partial charge in [-0.1, -0.05) is 37.7 Å². The van der Waals surface area contributed by atoms with Gasteiger partial charge in [0.25, 0.3) is 5.91 Å². The Morgan fingerprint density at radius 3 is 2.47 bits per heavy atom. The van der Waals surface area contributed by atoms with Crippen molar-refractivity contribution in [2.75, 3.05) is 25.2 Å². The van der Waals surface area contributed by atoms with Crippen molar-refractivity contribution in [1.82, 2.24) is 14.5 Å². The minimum Gasteiger partial charge on any atom is -0.345 e. The van der Waals surface area contributed by atoms with Crippen molar-refractivity contribution in [3.8, 4) is 0 Å². The van der Waals surface area contributed by atoms with Crippen molar-refractivity contribution in [3.63, 3.8) is 0 Å². The van der Waals surface area contributed by atoms with Crippen LogP contribution in [0, 0.1) is 5.92 Å². The molecule has 0 unspecified atom stereocenters. The fourth-order valence-corrected chi connectivity index (χ4v) is 3.89. The third-order valence-corrected chi connectivity index (χ3v) is 5.68. The lowest BCUT2D eigenvalue weighted by atomic mass is 10.1. The number of imidazole rings is 1. The summed E-state index contributed by atoms with van der Waals surface area (Å²) in [7, 11) is 3.42. The Morgan fingerprint density at radius 2 is 1.80 bits per heavy atom. The van der Waals surface area contributed by atoms with Crippen molar-refractivity contribution in [1.29, 1.82) is 0 Å². The van der Waals surface area contributed by atoms with Crippen LogP contribution in [0.25, 0.3) is 11.0 Å². The molecular weight excluding hydrogens is 396 g/mol. The highest BCUT2D eigenvalue weighted by atomic mass is 32.2. The molecule has 2 aromatic carbocycles. The summed E-state index contributed by atoms with van der Waals surface area (Å²) in [4.78, 5) is 30.7. The van der Waals surface area contributed by atoms with Gasteiger partial charge < -0.3 is 14.8 Å². The van der Waals surface area contributed by atoms with Gasteiger partial charge in [-0.2, -0.15) is 0 Å². The zero-order chi connectivity index (χ0) is 21.7. The normalized spacial score (nSPS) is 11.1. The van der Waals surface area contributed by atoms with E-state index in [1.807, 2.05) is 18.2 Å². The number of thioether (sulfide) groups is 1. The number of aryl methyl sites for hydroxylation is 1. The molecule has 1 aromatic heterocycles. The number of para-hydroxylation sites is 2. The van der Waals surface area contributed by atoms with Gasteiger partial charge >= 0.3 is 0 Å². The molecule has 0 fully saturated rings. The van der Waals surface area contributed by atoms with Crippen molar-refractivity contribution >= 4 is 40.3 Å². The van der Waals surface area contributed by atoms with Crippen LogP contribution in [0.2, 0.25) is 0 Å². The average Bonchev–Trinajstić information content (AvgIpc) is 3.08. The summed E-state index contributed by atoms with van der Waals surface area (Å²) in [5, 5.41) is 3.75. The molecular formula is C23H28N4O2S. The zero-order valence-corrected chi connectivity index (χ0v) is 18.7. The van der Waals surface area contributed by atoms with Crippen LogP contribution >= 0.6 is 11.8 Å². The lowest BCUT2D eigenvalue weighted by Gasteiger charge is -2.12. The maximum Gasteiger partial charge on any atom is 0.253 e. The van der Waals surface area contributed by atoms with E-state index in [0.717, 1.165) is 29.2 Å². The van der Waals surface area contributed by atoms with Gasteiger partial charge in [-0.15, -0.1) is 0 Å². The topological polar surface area (TPSA) is 67.2 Å². The summed E-state index contributed by atoms with van der Waals surface area (Å²) >= 11 is 1.44. The number of fused-ring (bicyclic) bond motifs is 1. The molecule has 0 bridgehead atoms. The maximum atomic E-state index is 12.5. The summed E-state index contributed by atoms with van der Waals surface area (Å²) in [5.41, 5.74) is 3.31. The SMILES string of the molecule is CC(C)CCn1c(SCC(=O)Nc2ccc(C(=O)N(C)C)cc2)nc2ccccc21. The Kier molecular flexibility index (Phi) is 7.15. The zero-order valence-electron chi connectivity index (χ0n) is 17.9. The fourth-order valence-electron chi connectivity index (χ4n) is 3.05. The molecule has 6 nitrogen and oxygen atoms in total. The molecule has 7 heteroatoms. The molecule has 30 heavy (non-hydrogen) atoms. The molecule has 0 spiro atoms. The van der Waals surface area contributed by atoms with E-state index in [9.17, 15) is 9.59 Å². The molecule has 2 amide bonds. The Labute approximate surface area is 181 Å². The third kappa shape index (κ3) is 5.42. The lowest BCUT2D eigenvalue weighted by molar-refractivity contribution is -0.113. The molecule has 3 aromatic rings. The van der Waals surface area contributed by atoms with E-state index in [1.165, 1.54) is 16.7 Å². The minimum atomic E-state index is -0.103. The molecule has 0 saturated heterocycles. The van der Waals surface area contributed by atoms with E-state index in [2.05, 4.69) is 29.8 Å². The van der Waals surface area contributed by atoms with Crippen molar-refractivity contribution < 1.29 is 9.59 Å². The predicted octanol–water partition coefficient (Wildman–Crippen LogP) is 4.52. The second kappa shape index (κ2) is 9.80. The van der Waals surface area contributed by atoms with Crippen LogP contribution in [0.1, 0.15) is 30.6 Å². The van der Waals surface area contributed by atoms with E-state index < -0.39 is 0 Å². The highest BCUT2D eigenvalue weighted by molar-refractivity contribution is 7.99. The molecule has 158 valence electrons. The van der Waals surface area contributed by atoms with Crippen molar-refractivity contribution in [3.05, 3.63) is 54.1 Å². The summed E-state index contributed by atoms with van der Waals surface area (Å²) in [6, 6.07) is 15.0. The first kappa shape index (κ1) is 21.9. The van der Waals surface area contributed by atoms with Gasteiger partial charge in [-0.05, 0) is 48.7 Å². The summed E-state index contributed by atoms with van der Waals surface area (Å²) in [6.07, 6.45) is 1.05. The van der Waals surface area contributed by atoms with Crippen LogP contribution in [0.5, 0.6) is 0 Å². The number of carbonyl (C=O) groups is 2. The lowest BCUT2D eigenvalue weighted by Crippen LogP contribution is -2.21. The van der Waals surface area contributed by atoms with Crippen LogP contribution in [-0.2, 0) is 11.3 Å². The summed E-state index contributed by atoms with van der Waals surface area (Å²) in [6.45, 7) is 5.29. The number of nitrogens with zero attached hydrogens (tertiary/aromatic N) is 3. The first-order valence-electron chi connectivity index (χ1n) is 10.0. The highest BCUT2D eigenvalue weighted by Gasteiger charge is 2.14. The Hall–Kier alpha value is -2.80. The van der Waals surface area contributed by atoms with Crippen molar-refractivity contribution in [2.45, 2.75) is 32.0 Å². The minimum absolute atomic E-state index is 0.0660. The average molecular weight is 425 g/mol. The smallest absolute Gasteiger partial charge is 0.253 e. The maximum absolute atomic E-state index is 12.5. The van der Waals surface area contributed by atoms with Crippen LogP contribution in [-0.4, -0.2) is 46.1 Å². The first-order chi connectivity index (χ1) is 14.3. The van der Waals surface area contributed by atoms with Crippen LogP contribution < -0.4 is 5.32 Å². The van der Waals surface area contributed by atoms with Crippen molar-refractivity contribution in [2.24, 2.45) is 5.92 Å². The van der Waals surface area contributed by atoms with E-state index in [1.54, 1.807) is 38.4 Å². The second-order valence-corrected chi connectivity index (χ2v) is 8.77. The van der Waals surface area contributed by atoms with Crippen LogP contribution in [0.3, 0.4) is 0 Å². The molecule has 0 atom stereocenters. The Balaban J connectivity index is 1.65. The Bertz CT molecular complexity index is 1030. The van der Waals surface area contributed by atoms with Gasteiger partial charge in [0.2, 0.25) is 5.91 Å². The largest absolute Gasteiger partial charge is 0.345 e. The summed E-state index contributed by atoms with van der Waals surface area (Å²) < 4.78 is 2.20. The molecule has 1 heterocycles. The van der Waals surface area contributed by atoms with E-state index in [-0.39, 0.29) is 17.6 Å². The molecule has 0 aliphatic rings. The number of benzene rings is 2. The highest BCUT2D eigenvalue weighted by Crippen LogP contribution is 2.25. The number of hydrogen-bond acceptors (Lipinski definition) is 4. The molecule has 0 aliphatic carbocycles. The number of rotatable bonds is 8. The van der Waals surface area contributed by atoms with Gasteiger partial charge in [0, 0.05) is 31.9 Å².